The van der Waals surface area contributed by atoms with E-state index in [0.29, 0.717) is 17.3 Å². The van der Waals surface area contributed by atoms with E-state index in [9.17, 15) is 4.79 Å². The van der Waals surface area contributed by atoms with Crippen LogP contribution in [0, 0.1) is 11.8 Å². The van der Waals surface area contributed by atoms with Gasteiger partial charge < -0.3 is 11.1 Å². The van der Waals surface area contributed by atoms with Gasteiger partial charge in [0.15, 0.2) is 0 Å². The van der Waals surface area contributed by atoms with Crippen molar-refractivity contribution in [1.82, 2.24) is 5.32 Å². The van der Waals surface area contributed by atoms with E-state index in [-0.39, 0.29) is 17.9 Å². The van der Waals surface area contributed by atoms with Crippen LogP contribution >= 0.6 is 12.2 Å². The van der Waals surface area contributed by atoms with Crippen molar-refractivity contribution in [3.05, 3.63) is 0 Å². The van der Waals surface area contributed by atoms with Gasteiger partial charge in [0.2, 0.25) is 5.91 Å². The topological polar surface area (TPSA) is 55.1 Å². The Kier molecular flexibility index (Phi) is 4.51. The van der Waals surface area contributed by atoms with Gasteiger partial charge in [0, 0.05) is 18.4 Å². The average molecular weight is 228 g/mol. The van der Waals surface area contributed by atoms with Gasteiger partial charge in [-0.3, -0.25) is 4.79 Å². The number of carbonyl (C=O) groups excluding carboxylic acids is 1. The van der Waals surface area contributed by atoms with E-state index < -0.39 is 0 Å². The first-order valence-electron chi connectivity index (χ1n) is 5.59. The second-order valence-corrected chi connectivity index (χ2v) is 5.12. The number of hydrogen-bond acceptors (Lipinski definition) is 2. The Morgan fingerprint density at radius 2 is 2.27 bits per heavy atom. The molecule has 0 saturated heterocycles. The van der Waals surface area contributed by atoms with Crippen molar-refractivity contribution in [2.24, 2.45) is 17.6 Å². The van der Waals surface area contributed by atoms with Crippen LogP contribution in [0.5, 0.6) is 0 Å². The number of thiocarbonyl (C=S) groups is 1. The van der Waals surface area contributed by atoms with Crippen molar-refractivity contribution < 1.29 is 4.79 Å². The number of amides is 1. The fourth-order valence-electron chi connectivity index (χ4n) is 2.24. The molecule has 1 amide bonds. The predicted molar refractivity (Wildman–Crippen MR) is 65.5 cm³/mol. The van der Waals surface area contributed by atoms with Crippen LogP contribution in [-0.2, 0) is 4.79 Å². The van der Waals surface area contributed by atoms with E-state index in [1.807, 2.05) is 6.92 Å². The van der Waals surface area contributed by atoms with Crippen LogP contribution in [0.2, 0.25) is 0 Å². The Labute approximate surface area is 96.8 Å². The van der Waals surface area contributed by atoms with E-state index in [1.54, 1.807) is 0 Å². The molecule has 0 radical (unpaired) electrons. The van der Waals surface area contributed by atoms with Crippen molar-refractivity contribution in [3.8, 4) is 0 Å². The Morgan fingerprint density at radius 3 is 2.73 bits per heavy atom. The molecule has 3 N–H and O–H groups in total. The molecule has 0 heterocycles. The zero-order valence-corrected chi connectivity index (χ0v) is 10.3. The van der Waals surface area contributed by atoms with Gasteiger partial charge in [-0.1, -0.05) is 25.6 Å². The minimum Gasteiger partial charge on any atom is -0.393 e. The molecule has 1 saturated carbocycles. The third-order valence-corrected chi connectivity index (χ3v) is 3.26. The number of nitrogens with one attached hydrogen (secondary N) is 1. The molecule has 3 nitrogen and oxygen atoms in total. The van der Waals surface area contributed by atoms with Crippen molar-refractivity contribution in [2.75, 3.05) is 0 Å². The molecule has 0 spiro atoms. The molecule has 0 aromatic rings. The van der Waals surface area contributed by atoms with E-state index in [2.05, 4.69) is 12.2 Å². The highest BCUT2D eigenvalue weighted by atomic mass is 32.1. The van der Waals surface area contributed by atoms with Crippen molar-refractivity contribution in [3.63, 3.8) is 0 Å². The fraction of sp³-hybridized carbons (Fsp3) is 0.818. The lowest BCUT2D eigenvalue weighted by Gasteiger charge is -2.19. The Balaban J connectivity index is 2.37. The molecular formula is C11H20N2OS. The first-order chi connectivity index (χ1) is 7.00. The first kappa shape index (κ1) is 12.4. The summed E-state index contributed by atoms with van der Waals surface area (Å²) in [5.41, 5.74) is 5.43. The van der Waals surface area contributed by atoms with Crippen LogP contribution in [0.4, 0.5) is 0 Å². The lowest BCUT2D eigenvalue weighted by molar-refractivity contribution is -0.126. The number of rotatable bonds is 4. The monoisotopic (exact) mass is 228 g/mol. The summed E-state index contributed by atoms with van der Waals surface area (Å²) in [5.74, 6) is 0.879. The second-order valence-electron chi connectivity index (χ2n) is 4.59. The highest BCUT2D eigenvalue weighted by Gasteiger charge is 2.30. The van der Waals surface area contributed by atoms with Gasteiger partial charge in [-0.2, -0.15) is 0 Å². The zero-order chi connectivity index (χ0) is 11.4. The van der Waals surface area contributed by atoms with Crippen molar-refractivity contribution in [1.29, 1.82) is 0 Å². The summed E-state index contributed by atoms with van der Waals surface area (Å²) in [4.78, 5) is 12.3. The molecule has 0 aromatic carbocycles. The molecule has 3 atom stereocenters. The van der Waals surface area contributed by atoms with Gasteiger partial charge in [-0.25, -0.2) is 0 Å². The molecule has 1 aliphatic rings. The summed E-state index contributed by atoms with van der Waals surface area (Å²) < 4.78 is 0. The molecule has 0 aliphatic heterocycles. The highest BCUT2D eigenvalue weighted by Crippen LogP contribution is 2.31. The summed E-state index contributed by atoms with van der Waals surface area (Å²) in [5, 5.41) is 2.98. The maximum absolute atomic E-state index is 11.9. The van der Waals surface area contributed by atoms with Gasteiger partial charge in [0.05, 0.1) is 4.99 Å². The summed E-state index contributed by atoms with van der Waals surface area (Å²) in [7, 11) is 0. The third kappa shape index (κ3) is 3.78. The van der Waals surface area contributed by atoms with Crippen LogP contribution in [0.1, 0.15) is 39.5 Å². The average Bonchev–Trinajstić information content (AvgIpc) is 2.49. The van der Waals surface area contributed by atoms with E-state index in [1.165, 1.54) is 12.8 Å². The first-order valence-corrected chi connectivity index (χ1v) is 6.00. The number of nitrogens with two attached hydrogens (primary N) is 1. The summed E-state index contributed by atoms with van der Waals surface area (Å²) >= 11 is 4.81. The van der Waals surface area contributed by atoms with Crippen LogP contribution in [0.25, 0.3) is 0 Å². The fourth-order valence-corrected chi connectivity index (χ4v) is 2.49. The molecule has 1 aliphatic carbocycles. The van der Waals surface area contributed by atoms with Crippen LogP contribution in [0.3, 0.4) is 0 Å². The Bertz CT molecular complexity index is 255. The molecule has 15 heavy (non-hydrogen) atoms. The third-order valence-electron chi connectivity index (χ3n) is 3.09. The van der Waals surface area contributed by atoms with E-state index in [0.717, 1.165) is 6.42 Å². The quantitative estimate of drug-likeness (QED) is 0.719. The van der Waals surface area contributed by atoms with Crippen LogP contribution < -0.4 is 11.1 Å². The van der Waals surface area contributed by atoms with Gasteiger partial charge in [-0.15, -0.1) is 0 Å². The minimum atomic E-state index is 0.0581. The van der Waals surface area contributed by atoms with Gasteiger partial charge >= 0.3 is 0 Å². The number of hydrogen-bond donors (Lipinski definition) is 2. The largest absolute Gasteiger partial charge is 0.393 e. The predicted octanol–water partition coefficient (Wildman–Crippen LogP) is 1.60. The number of carbonyl (C=O) groups is 1. The molecule has 1 rings (SSSR count). The lowest BCUT2D eigenvalue weighted by Crippen LogP contribution is -2.39. The van der Waals surface area contributed by atoms with Gasteiger partial charge in [0.1, 0.15) is 0 Å². The highest BCUT2D eigenvalue weighted by molar-refractivity contribution is 7.80. The maximum Gasteiger partial charge on any atom is 0.223 e. The summed E-state index contributed by atoms with van der Waals surface area (Å²) in [6.07, 6.45) is 3.94. The SMILES string of the molecule is CC(CC(N)=S)NC(=O)C1CCCC1C. The molecule has 4 heteroatoms. The smallest absolute Gasteiger partial charge is 0.223 e. The Hall–Kier alpha value is -0.640. The zero-order valence-electron chi connectivity index (χ0n) is 9.45. The van der Waals surface area contributed by atoms with E-state index in [4.69, 9.17) is 18.0 Å². The van der Waals surface area contributed by atoms with Crippen molar-refractivity contribution in [2.45, 2.75) is 45.6 Å². The maximum atomic E-state index is 11.9. The summed E-state index contributed by atoms with van der Waals surface area (Å²) in [6, 6.07) is 0.0581. The van der Waals surface area contributed by atoms with Gasteiger partial charge in [-0.05, 0) is 25.7 Å². The lowest BCUT2D eigenvalue weighted by atomic mass is 9.97. The molecule has 3 unspecified atom stereocenters. The van der Waals surface area contributed by atoms with E-state index >= 15 is 0 Å². The van der Waals surface area contributed by atoms with Gasteiger partial charge in [0.25, 0.3) is 0 Å². The van der Waals surface area contributed by atoms with Crippen LogP contribution in [0.15, 0.2) is 0 Å². The van der Waals surface area contributed by atoms with Crippen LogP contribution in [-0.4, -0.2) is 16.9 Å². The molecule has 0 bridgehead atoms. The summed E-state index contributed by atoms with van der Waals surface area (Å²) in [6.45, 7) is 4.09. The molecular weight excluding hydrogens is 208 g/mol. The minimum absolute atomic E-state index is 0.0581. The second kappa shape index (κ2) is 5.45. The molecule has 0 aromatic heterocycles. The van der Waals surface area contributed by atoms with Crippen molar-refractivity contribution >= 4 is 23.1 Å². The normalized spacial score (nSPS) is 27.3. The standard InChI is InChI=1S/C11H20N2OS/c1-7-4-3-5-9(7)11(14)13-8(2)6-10(12)15/h7-9H,3-6H2,1-2H3,(H2,12,15)(H,13,14). The Morgan fingerprint density at radius 1 is 1.60 bits per heavy atom. The molecule has 1 fully saturated rings. The molecule has 86 valence electrons.